The number of aryl methyl sites for hydroxylation is 2. The van der Waals surface area contributed by atoms with Gasteiger partial charge in [0.2, 0.25) is 0 Å². The number of para-hydroxylation sites is 1. The van der Waals surface area contributed by atoms with Crippen LogP contribution in [0.3, 0.4) is 0 Å². The van der Waals surface area contributed by atoms with Crippen molar-refractivity contribution in [1.29, 1.82) is 0 Å². The third kappa shape index (κ3) is 6.26. The van der Waals surface area contributed by atoms with Gasteiger partial charge in [-0.3, -0.25) is 4.68 Å². The number of benzene rings is 3. The average molecular weight is 608 g/mol. The Morgan fingerprint density at radius 1 is 1.02 bits per heavy atom. The van der Waals surface area contributed by atoms with Crippen molar-refractivity contribution in [3.8, 4) is 16.9 Å². The number of allylic oxidation sites excluding steroid dienone is 1. The Hall–Kier alpha value is -4.40. The number of esters is 1. The van der Waals surface area contributed by atoms with Crippen LogP contribution in [0.15, 0.2) is 72.8 Å². The second-order valence-corrected chi connectivity index (χ2v) is 11.5. The van der Waals surface area contributed by atoms with Crippen molar-refractivity contribution >= 4 is 27.6 Å². The zero-order chi connectivity index (χ0) is 31.3. The maximum atomic E-state index is 13.7. The summed E-state index contributed by atoms with van der Waals surface area (Å²) in [4.78, 5) is 13.7. The molecule has 0 aliphatic carbocycles. The first-order chi connectivity index (χ1) is 22.0. The van der Waals surface area contributed by atoms with Gasteiger partial charge in [0.1, 0.15) is 11.4 Å². The van der Waals surface area contributed by atoms with E-state index in [4.69, 9.17) is 24.0 Å². The molecule has 234 valence electrons. The lowest BCUT2D eigenvalue weighted by Crippen LogP contribution is -2.14. The number of hydrogen-bond donors (Lipinski definition) is 0. The van der Waals surface area contributed by atoms with E-state index in [0.29, 0.717) is 51.7 Å². The number of rotatable bonds is 10. The first-order valence-electron chi connectivity index (χ1n) is 15.8. The highest BCUT2D eigenvalue weighted by Gasteiger charge is 2.28. The lowest BCUT2D eigenvalue weighted by Gasteiger charge is -2.13. The molecule has 0 saturated carbocycles. The van der Waals surface area contributed by atoms with Crippen LogP contribution in [-0.4, -0.2) is 46.2 Å². The smallest absolute Gasteiger partial charge is 0.355 e. The Morgan fingerprint density at radius 2 is 1.82 bits per heavy atom. The van der Waals surface area contributed by atoms with Crippen LogP contribution in [0, 0.1) is 0 Å². The van der Waals surface area contributed by atoms with Gasteiger partial charge in [-0.15, -0.1) is 0 Å². The van der Waals surface area contributed by atoms with Gasteiger partial charge in [-0.25, -0.2) is 4.79 Å². The van der Waals surface area contributed by atoms with E-state index in [1.54, 1.807) is 0 Å². The summed E-state index contributed by atoms with van der Waals surface area (Å²) in [5, 5.41) is 8.14. The molecule has 0 bridgehead atoms. The van der Waals surface area contributed by atoms with Gasteiger partial charge in [-0.05, 0) is 50.6 Å². The van der Waals surface area contributed by atoms with Crippen molar-refractivity contribution < 1.29 is 23.7 Å². The van der Waals surface area contributed by atoms with Gasteiger partial charge in [-0.1, -0.05) is 66.7 Å². The van der Waals surface area contributed by atoms with E-state index < -0.39 is 0 Å². The first-order valence-corrected chi connectivity index (χ1v) is 15.8. The van der Waals surface area contributed by atoms with Gasteiger partial charge in [0, 0.05) is 35.5 Å². The van der Waals surface area contributed by atoms with Gasteiger partial charge < -0.3 is 23.5 Å². The van der Waals surface area contributed by atoms with Gasteiger partial charge in [0.25, 0.3) is 0 Å². The number of fused-ring (bicyclic) bond motifs is 3. The highest BCUT2D eigenvalue weighted by Crippen LogP contribution is 2.39. The minimum absolute atomic E-state index is 0.0589. The summed E-state index contributed by atoms with van der Waals surface area (Å²) >= 11 is 0. The van der Waals surface area contributed by atoms with Gasteiger partial charge in [0.05, 0.1) is 56.0 Å². The second kappa shape index (κ2) is 13.7. The van der Waals surface area contributed by atoms with Crippen LogP contribution in [-0.2, 0) is 47.4 Å². The average Bonchev–Trinajstić information content (AvgIpc) is 3.52. The van der Waals surface area contributed by atoms with Crippen LogP contribution in [0.4, 0.5) is 0 Å². The fourth-order valence-electron chi connectivity index (χ4n) is 6.22. The van der Waals surface area contributed by atoms with Crippen molar-refractivity contribution in [1.82, 2.24) is 14.3 Å². The molecule has 0 atom stereocenters. The molecular formula is C37H41N3O5. The van der Waals surface area contributed by atoms with Crippen LogP contribution in [0.25, 0.3) is 32.8 Å². The van der Waals surface area contributed by atoms with Crippen LogP contribution in [0.2, 0.25) is 0 Å². The quantitative estimate of drug-likeness (QED) is 0.0936. The minimum atomic E-state index is -0.320. The van der Waals surface area contributed by atoms with E-state index >= 15 is 0 Å². The highest BCUT2D eigenvalue weighted by molar-refractivity contribution is 6.05. The van der Waals surface area contributed by atoms with E-state index in [-0.39, 0.29) is 12.1 Å². The molecule has 6 rings (SSSR count). The summed E-state index contributed by atoms with van der Waals surface area (Å²) in [6.07, 6.45) is 5.51. The van der Waals surface area contributed by atoms with Gasteiger partial charge in [0.15, 0.2) is 0 Å². The summed E-state index contributed by atoms with van der Waals surface area (Å²) in [5.41, 5.74) is 6.35. The summed E-state index contributed by atoms with van der Waals surface area (Å²) in [6, 6.07) is 20.6. The topological polar surface area (TPSA) is 76.7 Å². The number of nitrogens with zero attached hydrogens (tertiary/aromatic N) is 3. The molecule has 45 heavy (non-hydrogen) atoms. The molecule has 3 heterocycles. The molecule has 8 heteroatoms. The molecule has 1 aliphatic heterocycles. The molecule has 0 radical (unpaired) electrons. The zero-order valence-electron chi connectivity index (χ0n) is 26.5. The molecule has 0 amide bonds. The molecule has 2 aromatic heterocycles. The fourth-order valence-corrected chi connectivity index (χ4v) is 6.22. The number of carbonyl (C=O) groups excluding carboxylic acids is 1. The molecule has 8 nitrogen and oxygen atoms in total. The molecule has 0 N–H and O–H groups in total. The Morgan fingerprint density at radius 3 is 2.67 bits per heavy atom. The third-order valence-electron chi connectivity index (χ3n) is 8.20. The first kappa shape index (κ1) is 30.6. The van der Waals surface area contributed by atoms with E-state index in [9.17, 15) is 4.79 Å². The van der Waals surface area contributed by atoms with Crippen molar-refractivity contribution in [3.63, 3.8) is 0 Å². The molecule has 0 saturated heterocycles. The second-order valence-electron chi connectivity index (χ2n) is 11.5. The SMILES string of the molecule is CCOC(=O)c1c(CCCOc2cccc3ccccc23)c2cccc3c2n1C/C=C\COCc1c-3c(COC(C)C)nn1C. The van der Waals surface area contributed by atoms with Crippen LogP contribution < -0.4 is 4.74 Å². The van der Waals surface area contributed by atoms with E-state index in [1.165, 1.54) is 0 Å². The monoisotopic (exact) mass is 607 g/mol. The summed E-state index contributed by atoms with van der Waals surface area (Å²) in [6.45, 7) is 8.44. The predicted molar refractivity (Wildman–Crippen MR) is 177 cm³/mol. The number of ether oxygens (including phenoxy) is 4. The standard InChI is InChI=1S/C37H41N3O5/c1-5-43-37(41)36-29(18-12-22-44-33-19-10-14-26-13-6-7-15-27(26)33)28-16-11-17-30-34-31(23-45-25(2)3)38-39(4)32(34)24-42-21-9-8-20-40(36)35(28)30/h6-11,13-17,19,25H,5,12,18,20-24H2,1-4H3/b9-8-. The normalized spacial score (nSPS) is 14.0. The molecule has 0 unspecified atom stereocenters. The van der Waals surface area contributed by atoms with Crippen LogP contribution in [0.1, 0.15) is 54.6 Å². The molecule has 1 aliphatic rings. The fraction of sp³-hybridized carbons (Fsp3) is 0.351. The number of carbonyl (C=O) groups is 1. The van der Waals surface area contributed by atoms with Crippen LogP contribution in [0.5, 0.6) is 5.75 Å². The Balaban J connectivity index is 1.44. The molecule has 5 aromatic rings. The van der Waals surface area contributed by atoms with Crippen LogP contribution >= 0.6 is 0 Å². The van der Waals surface area contributed by atoms with Crippen molar-refractivity contribution in [2.75, 3.05) is 19.8 Å². The number of aromatic nitrogens is 3. The molecular weight excluding hydrogens is 566 g/mol. The van der Waals surface area contributed by atoms with Crippen molar-refractivity contribution in [2.24, 2.45) is 7.05 Å². The third-order valence-corrected chi connectivity index (χ3v) is 8.20. The van der Waals surface area contributed by atoms with E-state index in [1.807, 2.05) is 62.8 Å². The minimum Gasteiger partial charge on any atom is -0.493 e. The molecule has 0 spiro atoms. The van der Waals surface area contributed by atoms with Crippen molar-refractivity contribution in [3.05, 3.63) is 95.5 Å². The lowest BCUT2D eigenvalue weighted by atomic mass is 9.98. The van der Waals surface area contributed by atoms with E-state index in [0.717, 1.165) is 61.9 Å². The summed E-state index contributed by atoms with van der Waals surface area (Å²) in [7, 11) is 1.95. The highest BCUT2D eigenvalue weighted by atomic mass is 16.5. The van der Waals surface area contributed by atoms with E-state index in [2.05, 4.69) is 47.0 Å². The maximum absolute atomic E-state index is 13.7. The summed E-state index contributed by atoms with van der Waals surface area (Å²) < 4.78 is 28.1. The Labute approximate surface area is 264 Å². The predicted octanol–water partition coefficient (Wildman–Crippen LogP) is 7.39. The molecule has 3 aromatic carbocycles. The maximum Gasteiger partial charge on any atom is 0.355 e. The zero-order valence-corrected chi connectivity index (χ0v) is 26.5. The largest absolute Gasteiger partial charge is 0.493 e. The Kier molecular flexibility index (Phi) is 9.33. The lowest BCUT2D eigenvalue weighted by molar-refractivity contribution is 0.0513. The molecule has 0 fully saturated rings. The van der Waals surface area contributed by atoms with Gasteiger partial charge >= 0.3 is 5.97 Å². The number of hydrogen-bond acceptors (Lipinski definition) is 6. The summed E-state index contributed by atoms with van der Waals surface area (Å²) in [5.74, 6) is 0.546. The Bertz CT molecular complexity index is 1840. The van der Waals surface area contributed by atoms with Crippen molar-refractivity contribution in [2.45, 2.75) is 59.5 Å². The van der Waals surface area contributed by atoms with Gasteiger partial charge in [-0.2, -0.15) is 5.10 Å².